The predicted molar refractivity (Wildman–Crippen MR) is 93.9 cm³/mol. The van der Waals surface area contributed by atoms with E-state index in [0.29, 0.717) is 12.6 Å². The van der Waals surface area contributed by atoms with Crippen molar-refractivity contribution in [2.75, 3.05) is 0 Å². The molecule has 1 N–H and O–H groups in total. The Morgan fingerprint density at radius 2 is 1.96 bits per heavy atom. The Balaban J connectivity index is 1.52. The van der Waals surface area contributed by atoms with Crippen molar-refractivity contribution in [2.45, 2.75) is 52.1 Å². The number of nitrogens with one attached hydrogen (secondary N) is 1. The molecule has 0 radical (unpaired) electrons. The minimum atomic E-state index is 0.0965. The highest BCUT2D eigenvalue weighted by molar-refractivity contribution is 5.96. The lowest BCUT2D eigenvalue weighted by Gasteiger charge is -2.17. The molecule has 4 nitrogen and oxygen atoms in total. The van der Waals surface area contributed by atoms with Crippen molar-refractivity contribution in [1.29, 1.82) is 0 Å². The second kappa shape index (κ2) is 6.08. The standard InChI is InChI=1S/C20H25N3O/c1-13-11-18(14(2)23(13)12-17-5-3-4-10-21-17)20(24)22-19(15-6-7-15)16-8-9-16/h3-5,10-11,15-16,19H,6-9,12H2,1-2H3,(H,22,24). The van der Waals surface area contributed by atoms with E-state index in [2.05, 4.69) is 21.8 Å². The van der Waals surface area contributed by atoms with Gasteiger partial charge in [0.1, 0.15) is 0 Å². The second-order valence-electron chi connectivity index (χ2n) is 7.37. The molecule has 0 aromatic carbocycles. The van der Waals surface area contributed by atoms with Crippen molar-refractivity contribution in [3.63, 3.8) is 0 Å². The first-order chi connectivity index (χ1) is 11.6. The molecule has 4 heteroatoms. The molecule has 2 aromatic heterocycles. The summed E-state index contributed by atoms with van der Waals surface area (Å²) in [6.45, 7) is 4.81. The molecule has 2 aromatic rings. The van der Waals surface area contributed by atoms with E-state index in [1.165, 1.54) is 25.7 Å². The van der Waals surface area contributed by atoms with Crippen LogP contribution in [0.4, 0.5) is 0 Å². The van der Waals surface area contributed by atoms with E-state index >= 15 is 0 Å². The fraction of sp³-hybridized carbons (Fsp3) is 0.500. The number of carbonyl (C=O) groups excluding carboxylic acids is 1. The number of nitrogens with zero attached hydrogens (tertiary/aromatic N) is 2. The van der Waals surface area contributed by atoms with E-state index in [1.807, 2.05) is 37.4 Å². The van der Waals surface area contributed by atoms with Gasteiger partial charge in [-0.1, -0.05) is 6.07 Å². The zero-order valence-corrected chi connectivity index (χ0v) is 14.5. The van der Waals surface area contributed by atoms with Gasteiger partial charge in [-0.2, -0.15) is 0 Å². The summed E-state index contributed by atoms with van der Waals surface area (Å²) in [4.78, 5) is 17.2. The second-order valence-corrected chi connectivity index (χ2v) is 7.37. The first-order valence-electron chi connectivity index (χ1n) is 9.01. The highest BCUT2D eigenvalue weighted by Gasteiger charge is 2.42. The van der Waals surface area contributed by atoms with Crippen LogP contribution in [0.15, 0.2) is 30.5 Å². The maximum absolute atomic E-state index is 12.8. The number of carbonyl (C=O) groups is 1. The Kier molecular flexibility index (Phi) is 3.91. The van der Waals surface area contributed by atoms with Crippen LogP contribution in [-0.2, 0) is 6.54 Å². The van der Waals surface area contributed by atoms with Crippen LogP contribution in [0.3, 0.4) is 0 Å². The van der Waals surface area contributed by atoms with E-state index in [4.69, 9.17) is 0 Å². The number of hydrogen-bond acceptors (Lipinski definition) is 2. The van der Waals surface area contributed by atoms with Gasteiger partial charge in [0.2, 0.25) is 0 Å². The van der Waals surface area contributed by atoms with Crippen molar-refractivity contribution in [2.24, 2.45) is 11.8 Å². The molecule has 2 aliphatic rings. The van der Waals surface area contributed by atoms with Gasteiger partial charge in [-0.3, -0.25) is 9.78 Å². The van der Waals surface area contributed by atoms with Crippen LogP contribution in [0.1, 0.15) is 53.1 Å². The van der Waals surface area contributed by atoms with E-state index in [1.54, 1.807) is 0 Å². The summed E-state index contributed by atoms with van der Waals surface area (Å²) in [5.41, 5.74) is 3.97. The molecular weight excluding hydrogens is 298 g/mol. The summed E-state index contributed by atoms with van der Waals surface area (Å²) < 4.78 is 2.18. The van der Waals surface area contributed by atoms with Gasteiger partial charge in [0.05, 0.1) is 17.8 Å². The SMILES string of the molecule is Cc1cc(C(=O)NC(C2CC2)C2CC2)c(C)n1Cc1ccccn1. The summed E-state index contributed by atoms with van der Waals surface area (Å²) >= 11 is 0. The molecule has 2 heterocycles. The molecule has 0 atom stereocenters. The van der Waals surface area contributed by atoms with Crippen LogP contribution in [0.2, 0.25) is 0 Å². The van der Waals surface area contributed by atoms with Crippen molar-refractivity contribution in [1.82, 2.24) is 14.9 Å². The predicted octanol–water partition coefficient (Wildman–Crippen LogP) is 3.47. The molecule has 0 saturated heterocycles. The van der Waals surface area contributed by atoms with E-state index < -0.39 is 0 Å². The Morgan fingerprint density at radius 1 is 1.25 bits per heavy atom. The summed E-state index contributed by atoms with van der Waals surface area (Å²) in [7, 11) is 0. The van der Waals surface area contributed by atoms with Gasteiger partial charge in [-0.15, -0.1) is 0 Å². The zero-order valence-electron chi connectivity index (χ0n) is 14.5. The average Bonchev–Trinajstić information content (AvgIpc) is 3.48. The lowest BCUT2D eigenvalue weighted by Crippen LogP contribution is -2.38. The van der Waals surface area contributed by atoms with Gasteiger partial charge in [0.25, 0.3) is 5.91 Å². The van der Waals surface area contributed by atoms with Crippen molar-refractivity contribution in [3.8, 4) is 0 Å². The highest BCUT2D eigenvalue weighted by atomic mass is 16.1. The van der Waals surface area contributed by atoms with Crippen LogP contribution >= 0.6 is 0 Å². The monoisotopic (exact) mass is 323 g/mol. The smallest absolute Gasteiger partial charge is 0.253 e. The molecule has 0 unspecified atom stereocenters. The van der Waals surface area contributed by atoms with Crippen LogP contribution in [0, 0.1) is 25.7 Å². The van der Waals surface area contributed by atoms with Gasteiger partial charge in [0, 0.05) is 23.6 Å². The van der Waals surface area contributed by atoms with Crippen LogP contribution in [0.25, 0.3) is 0 Å². The molecule has 2 fully saturated rings. The fourth-order valence-electron chi connectivity index (χ4n) is 3.69. The number of amides is 1. The molecule has 0 spiro atoms. The number of aryl methyl sites for hydroxylation is 1. The normalized spacial score (nSPS) is 17.3. The Hall–Kier alpha value is -2.10. The lowest BCUT2D eigenvalue weighted by atomic mass is 10.1. The minimum absolute atomic E-state index is 0.0965. The quantitative estimate of drug-likeness (QED) is 0.885. The zero-order chi connectivity index (χ0) is 16.7. The van der Waals surface area contributed by atoms with Gasteiger partial charge >= 0.3 is 0 Å². The van der Waals surface area contributed by atoms with Crippen LogP contribution in [-0.4, -0.2) is 21.5 Å². The van der Waals surface area contributed by atoms with Gasteiger partial charge in [0.15, 0.2) is 0 Å². The van der Waals surface area contributed by atoms with Gasteiger partial charge in [-0.05, 0) is 69.6 Å². The molecule has 126 valence electrons. The first kappa shape index (κ1) is 15.4. The fourth-order valence-corrected chi connectivity index (χ4v) is 3.69. The highest BCUT2D eigenvalue weighted by Crippen LogP contribution is 2.44. The average molecular weight is 323 g/mol. The lowest BCUT2D eigenvalue weighted by molar-refractivity contribution is 0.0925. The number of rotatable bonds is 6. The summed E-state index contributed by atoms with van der Waals surface area (Å²) in [5.74, 6) is 1.54. The van der Waals surface area contributed by atoms with E-state index in [0.717, 1.165) is 34.5 Å². The Morgan fingerprint density at radius 3 is 2.54 bits per heavy atom. The Labute approximate surface area is 143 Å². The third kappa shape index (κ3) is 3.10. The maximum atomic E-state index is 12.8. The van der Waals surface area contributed by atoms with Crippen molar-refractivity contribution >= 4 is 5.91 Å². The number of hydrogen-bond donors (Lipinski definition) is 1. The molecule has 0 aliphatic heterocycles. The summed E-state index contributed by atoms with van der Waals surface area (Å²) in [5, 5.41) is 3.33. The summed E-state index contributed by atoms with van der Waals surface area (Å²) in [6, 6.07) is 8.36. The number of aromatic nitrogens is 2. The van der Waals surface area contributed by atoms with Crippen molar-refractivity contribution in [3.05, 3.63) is 53.1 Å². The molecule has 2 saturated carbocycles. The maximum Gasteiger partial charge on any atom is 0.253 e. The molecule has 0 bridgehead atoms. The third-order valence-corrected chi connectivity index (χ3v) is 5.42. The molecule has 24 heavy (non-hydrogen) atoms. The van der Waals surface area contributed by atoms with Gasteiger partial charge in [-0.25, -0.2) is 0 Å². The van der Waals surface area contributed by atoms with Crippen LogP contribution in [0.5, 0.6) is 0 Å². The topological polar surface area (TPSA) is 46.9 Å². The summed E-state index contributed by atoms with van der Waals surface area (Å²) in [6.07, 6.45) is 6.92. The molecule has 2 aliphatic carbocycles. The van der Waals surface area contributed by atoms with Crippen LogP contribution < -0.4 is 5.32 Å². The minimum Gasteiger partial charge on any atom is -0.349 e. The molecule has 4 rings (SSSR count). The third-order valence-electron chi connectivity index (χ3n) is 5.42. The van der Waals surface area contributed by atoms with E-state index in [-0.39, 0.29) is 5.91 Å². The molecule has 1 amide bonds. The van der Waals surface area contributed by atoms with Gasteiger partial charge < -0.3 is 9.88 Å². The first-order valence-corrected chi connectivity index (χ1v) is 9.01. The molecular formula is C20H25N3O. The van der Waals surface area contributed by atoms with E-state index in [9.17, 15) is 4.79 Å². The Bertz CT molecular complexity index is 730. The largest absolute Gasteiger partial charge is 0.349 e. The van der Waals surface area contributed by atoms with Crippen molar-refractivity contribution < 1.29 is 4.79 Å². The number of pyridine rings is 1.